The van der Waals surface area contributed by atoms with Gasteiger partial charge in [-0.15, -0.1) is 0 Å². The zero-order valence-electron chi connectivity index (χ0n) is 15.8. The van der Waals surface area contributed by atoms with Gasteiger partial charge in [0.25, 0.3) is 5.91 Å². The maximum Gasteiger partial charge on any atom is 0.261 e. The van der Waals surface area contributed by atoms with E-state index in [0.717, 1.165) is 47.5 Å². The monoisotopic (exact) mass is 525 g/mol. The van der Waals surface area contributed by atoms with Crippen molar-refractivity contribution in [1.29, 1.82) is 0 Å². The lowest BCUT2D eigenvalue weighted by Gasteiger charge is -2.27. The molecule has 2 heterocycles. The van der Waals surface area contributed by atoms with E-state index in [4.69, 9.17) is 4.74 Å². The number of carbonyl (C=O) groups excluding carboxylic acids is 1. The lowest BCUT2D eigenvalue weighted by molar-refractivity contribution is 0.0376. The van der Waals surface area contributed by atoms with E-state index in [0.29, 0.717) is 22.8 Å². The summed E-state index contributed by atoms with van der Waals surface area (Å²) in [4.78, 5) is 22.1. The lowest BCUT2D eigenvalue weighted by atomic mass is 10.2. The van der Waals surface area contributed by atoms with Gasteiger partial charge in [0.15, 0.2) is 5.13 Å². The molecule has 1 fully saturated rings. The Labute approximate surface area is 186 Å². The van der Waals surface area contributed by atoms with E-state index in [1.54, 1.807) is 11.0 Å². The minimum Gasteiger partial charge on any atom is -0.379 e. The van der Waals surface area contributed by atoms with Crippen LogP contribution in [0.15, 0.2) is 42.5 Å². The summed E-state index contributed by atoms with van der Waals surface area (Å²) in [5.74, 6) is -0.369. The maximum atomic E-state index is 13.6. The Morgan fingerprint density at radius 1 is 1.24 bits per heavy atom. The number of hydrogen-bond donors (Lipinski definition) is 0. The van der Waals surface area contributed by atoms with E-state index in [1.165, 1.54) is 23.5 Å². The van der Waals surface area contributed by atoms with Gasteiger partial charge in [-0.05, 0) is 59.3 Å². The number of morpholine rings is 1. The van der Waals surface area contributed by atoms with Crippen LogP contribution in [-0.2, 0) is 4.74 Å². The molecular weight excluding hydrogens is 504 g/mol. The van der Waals surface area contributed by atoms with Crippen molar-refractivity contribution in [3.63, 3.8) is 0 Å². The van der Waals surface area contributed by atoms with Gasteiger partial charge in [-0.1, -0.05) is 23.5 Å². The molecule has 0 spiro atoms. The molecule has 8 heteroatoms. The first-order valence-corrected chi connectivity index (χ1v) is 11.4. The zero-order valence-corrected chi connectivity index (χ0v) is 18.8. The van der Waals surface area contributed by atoms with Crippen LogP contribution in [0.3, 0.4) is 0 Å². The standard InChI is InChI=1S/C21H21FIN3O2S/c22-15-6-7-18-19(14-15)29-21(24-18)26(9-3-8-25-10-12-28-13-11-25)20(27)16-4-1-2-5-17(16)23/h1-2,4-7,14H,3,8-13H2. The number of rotatable bonds is 6. The smallest absolute Gasteiger partial charge is 0.261 e. The topological polar surface area (TPSA) is 45.7 Å². The molecule has 0 bridgehead atoms. The summed E-state index contributed by atoms with van der Waals surface area (Å²) >= 11 is 3.54. The highest BCUT2D eigenvalue weighted by Crippen LogP contribution is 2.31. The molecule has 2 aromatic carbocycles. The fourth-order valence-electron chi connectivity index (χ4n) is 3.34. The summed E-state index contributed by atoms with van der Waals surface area (Å²) in [6.07, 6.45) is 0.833. The highest BCUT2D eigenvalue weighted by Gasteiger charge is 2.23. The number of nitrogens with zero attached hydrogens (tertiary/aromatic N) is 3. The first-order chi connectivity index (χ1) is 14.1. The summed E-state index contributed by atoms with van der Waals surface area (Å²) in [6, 6.07) is 12.1. The molecule has 0 radical (unpaired) electrons. The number of fused-ring (bicyclic) bond motifs is 1. The van der Waals surface area contributed by atoms with Gasteiger partial charge in [0, 0.05) is 29.7 Å². The lowest BCUT2D eigenvalue weighted by Crippen LogP contribution is -2.39. The molecule has 0 unspecified atom stereocenters. The van der Waals surface area contributed by atoms with E-state index in [9.17, 15) is 9.18 Å². The molecule has 1 saturated heterocycles. The number of aromatic nitrogens is 1. The molecule has 1 aliphatic rings. The molecule has 5 nitrogen and oxygen atoms in total. The van der Waals surface area contributed by atoms with Gasteiger partial charge in [-0.3, -0.25) is 14.6 Å². The van der Waals surface area contributed by atoms with Crippen molar-refractivity contribution in [3.8, 4) is 0 Å². The van der Waals surface area contributed by atoms with E-state index >= 15 is 0 Å². The second kappa shape index (κ2) is 9.46. The number of halogens is 2. The SMILES string of the molecule is O=C(c1ccccc1I)N(CCCN1CCOCC1)c1nc2ccc(F)cc2s1. The van der Waals surface area contributed by atoms with Gasteiger partial charge in [-0.2, -0.15) is 0 Å². The number of thiazole rings is 1. The second-order valence-electron chi connectivity index (χ2n) is 6.85. The van der Waals surface area contributed by atoms with Crippen molar-refractivity contribution in [1.82, 2.24) is 9.88 Å². The molecular formula is C21H21FIN3O2S. The van der Waals surface area contributed by atoms with Gasteiger partial charge in [-0.25, -0.2) is 9.37 Å². The number of hydrogen-bond acceptors (Lipinski definition) is 5. The Morgan fingerprint density at radius 3 is 2.83 bits per heavy atom. The normalized spacial score (nSPS) is 15.0. The van der Waals surface area contributed by atoms with Crippen molar-refractivity contribution in [2.75, 3.05) is 44.3 Å². The van der Waals surface area contributed by atoms with Crippen molar-refractivity contribution in [3.05, 3.63) is 57.4 Å². The van der Waals surface area contributed by atoms with Crippen molar-refractivity contribution >= 4 is 55.2 Å². The Kier molecular flexibility index (Phi) is 6.74. The molecule has 0 saturated carbocycles. The summed E-state index contributed by atoms with van der Waals surface area (Å²) in [5.41, 5.74) is 1.37. The summed E-state index contributed by atoms with van der Waals surface area (Å²) in [7, 11) is 0. The summed E-state index contributed by atoms with van der Waals surface area (Å²) < 4.78 is 20.7. The quantitative estimate of drug-likeness (QED) is 0.448. The molecule has 3 aromatic rings. The van der Waals surface area contributed by atoms with E-state index in [-0.39, 0.29) is 11.7 Å². The molecule has 4 rings (SSSR count). The molecule has 29 heavy (non-hydrogen) atoms. The predicted octanol–water partition coefficient (Wildman–Crippen LogP) is 4.41. The minimum absolute atomic E-state index is 0.0727. The molecule has 0 N–H and O–H groups in total. The van der Waals surface area contributed by atoms with Gasteiger partial charge < -0.3 is 4.74 Å². The van der Waals surface area contributed by atoms with Crippen LogP contribution in [0, 0.1) is 9.39 Å². The van der Waals surface area contributed by atoms with Crippen LogP contribution < -0.4 is 4.90 Å². The van der Waals surface area contributed by atoms with Crippen molar-refractivity contribution in [2.24, 2.45) is 0 Å². The maximum absolute atomic E-state index is 13.6. The fourth-order valence-corrected chi connectivity index (χ4v) is 4.98. The van der Waals surface area contributed by atoms with E-state index in [2.05, 4.69) is 32.5 Å². The van der Waals surface area contributed by atoms with Crippen molar-refractivity contribution < 1.29 is 13.9 Å². The molecule has 0 aliphatic carbocycles. The predicted molar refractivity (Wildman–Crippen MR) is 122 cm³/mol. The largest absolute Gasteiger partial charge is 0.379 e. The number of amides is 1. The number of carbonyl (C=O) groups is 1. The van der Waals surface area contributed by atoms with Crippen LogP contribution in [0.4, 0.5) is 9.52 Å². The van der Waals surface area contributed by atoms with Crippen LogP contribution in [0.25, 0.3) is 10.2 Å². The Balaban J connectivity index is 1.58. The highest BCUT2D eigenvalue weighted by molar-refractivity contribution is 14.1. The average Bonchev–Trinajstić information content (AvgIpc) is 3.14. The average molecular weight is 525 g/mol. The second-order valence-corrected chi connectivity index (χ2v) is 9.02. The molecule has 152 valence electrons. The molecule has 0 atom stereocenters. The van der Waals surface area contributed by atoms with Crippen LogP contribution in [0.1, 0.15) is 16.8 Å². The van der Waals surface area contributed by atoms with Crippen LogP contribution >= 0.6 is 33.9 Å². The number of anilines is 1. The van der Waals surface area contributed by atoms with Gasteiger partial charge in [0.05, 0.1) is 29.0 Å². The van der Waals surface area contributed by atoms with Crippen LogP contribution in [0.5, 0.6) is 0 Å². The highest BCUT2D eigenvalue weighted by atomic mass is 127. The molecule has 1 aliphatic heterocycles. The van der Waals surface area contributed by atoms with Gasteiger partial charge in [0.2, 0.25) is 0 Å². The minimum atomic E-state index is -0.296. The number of benzene rings is 2. The third-order valence-electron chi connectivity index (χ3n) is 4.88. The Bertz CT molecular complexity index is 1010. The Hall–Kier alpha value is -1.62. The van der Waals surface area contributed by atoms with E-state index < -0.39 is 0 Å². The third kappa shape index (κ3) is 4.93. The van der Waals surface area contributed by atoms with Crippen LogP contribution in [0.2, 0.25) is 0 Å². The van der Waals surface area contributed by atoms with Crippen molar-refractivity contribution in [2.45, 2.75) is 6.42 Å². The van der Waals surface area contributed by atoms with Gasteiger partial charge in [0.1, 0.15) is 5.82 Å². The summed E-state index contributed by atoms with van der Waals surface area (Å²) in [6.45, 7) is 4.82. The zero-order chi connectivity index (χ0) is 20.2. The van der Waals surface area contributed by atoms with Gasteiger partial charge >= 0.3 is 0 Å². The van der Waals surface area contributed by atoms with Crippen LogP contribution in [-0.4, -0.2) is 55.2 Å². The number of ether oxygens (including phenoxy) is 1. The first-order valence-electron chi connectivity index (χ1n) is 9.54. The first kappa shape index (κ1) is 20.6. The fraction of sp³-hybridized carbons (Fsp3) is 0.333. The summed E-state index contributed by atoms with van der Waals surface area (Å²) in [5, 5.41) is 0.609. The third-order valence-corrected chi connectivity index (χ3v) is 6.86. The molecule has 1 amide bonds. The Morgan fingerprint density at radius 2 is 2.03 bits per heavy atom. The molecule has 1 aromatic heterocycles. The van der Waals surface area contributed by atoms with E-state index in [1.807, 2.05) is 24.3 Å².